The number of terminal acetylenes is 1. The highest BCUT2D eigenvalue weighted by Gasteiger charge is 2.35. The fraction of sp³-hybridized carbons (Fsp3) is 0.769. The van der Waals surface area contributed by atoms with Crippen LogP contribution in [0.15, 0.2) is 0 Å². The molecule has 3 nitrogen and oxygen atoms in total. The first-order valence-corrected chi connectivity index (χ1v) is 6.29. The summed E-state index contributed by atoms with van der Waals surface area (Å²) in [6.45, 7) is 2.86. The molecule has 1 N–H and O–H groups in total. The zero-order valence-electron chi connectivity index (χ0n) is 9.91. The Hall–Kier alpha value is -1.01. The first-order valence-electron chi connectivity index (χ1n) is 6.29. The lowest BCUT2D eigenvalue weighted by atomic mass is 10.0. The van der Waals surface area contributed by atoms with E-state index < -0.39 is 0 Å². The van der Waals surface area contributed by atoms with Gasteiger partial charge in [-0.05, 0) is 32.1 Å². The highest BCUT2D eigenvalue weighted by atomic mass is 16.2. The third-order valence-corrected chi connectivity index (χ3v) is 3.44. The number of nitrogens with one attached hydrogen (secondary N) is 1. The lowest BCUT2D eigenvalue weighted by Gasteiger charge is -2.36. The lowest BCUT2D eigenvalue weighted by molar-refractivity contribution is -0.137. The molecule has 2 atom stereocenters. The molecule has 1 saturated heterocycles. The van der Waals surface area contributed by atoms with Crippen molar-refractivity contribution in [2.45, 2.75) is 57.2 Å². The highest BCUT2D eigenvalue weighted by molar-refractivity contribution is 5.83. The van der Waals surface area contributed by atoms with Gasteiger partial charge >= 0.3 is 0 Å². The zero-order chi connectivity index (χ0) is 11.5. The van der Waals surface area contributed by atoms with Gasteiger partial charge in [-0.15, -0.1) is 6.42 Å². The van der Waals surface area contributed by atoms with Crippen molar-refractivity contribution in [1.29, 1.82) is 0 Å². The summed E-state index contributed by atoms with van der Waals surface area (Å²) in [5.41, 5.74) is 0. The molecule has 88 valence electrons. The molecule has 0 aromatic heterocycles. The Labute approximate surface area is 97.6 Å². The van der Waals surface area contributed by atoms with E-state index in [-0.39, 0.29) is 18.0 Å². The van der Waals surface area contributed by atoms with E-state index in [1.807, 2.05) is 11.8 Å². The topological polar surface area (TPSA) is 32.3 Å². The average molecular weight is 220 g/mol. The van der Waals surface area contributed by atoms with E-state index in [0.29, 0.717) is 6.04 Å². The molecule has 1 aliphatic heterocycles. The van der Waals surface area contributed by atoms with Crippen molar-refractivity contribution < 1.29 is 4.79 Å². The summed E-state index contributed by atoms with van der Waals surface area (Å²) in [5, 5.41) is 3.42. The monoisotopic (exact) mass is 220 g/mol. The van der Waals surface area contributed by atoms with Gasteiger partial charge < -0.3 is 10.2 Å². The van der Waals surface area contributed by atoms with Gasteiger partial charge in [-0.1, -0.05) is 12.8 Å². The normalized spacial score (nSPS) is 27.6. The van der Waals surface area contributed by atoms with Crippen molar-refractivity contribution in [2.75, 3.05) is 6.54 Å². The average Bonchev–Trinajstić information content (AvgIpc) is 3.09. The molecule has 1 heterocycles. The Balaban J connectivity index is 1.97. The number of nitrogens with zero attached hydrogens (tertiary/aromatic N) is 1. The molecule has 2 rings (SSSR count). The van der Waals surface area contributed by atoms with Crippen molar-refractivity contribution in [2.24, 2.45) is 0 Å². The van der Waals surface area contributed by atoms with Crippen LogP contribution >= 0.6 is 0 Å². The number of carbonyl (C=O) groups excluding carboxylic acids is 1. The predicted molar refractivity (Wildman–Crippen MR) is 63.8 cm³/mol. The SMILES string of the molecule is C#CC(CC)N1CCCC(NC2CC2)C1=O. The fourth-order valence-corrected chi connectivity index (χ4v) is 2.33. The minimum atomic E-state index is -0.0173. The molecular weight excluding hydrogens is 200 g/mol. The molecule has 0 radical (unpaired) electrons. The van der Waals surface area contributed by atoms with Crippen molar-refractivity contribution >= 4 is 5.91 Å². The smallest absolute Gasteiger partial charge is 0.240 e. The summed E-state index contributed by atoms with van der Waals surface area (Å²) in [6.07, 6.45) is 10.8. The van der Waals surface area contributed by atoms with Crippen LogP contribution < -0.4 is 5.32 Å². The number of amides is 1. The predicted octanol–water partition coefficient (Wildman–Crippen LogP) is 1.14. The molecule has 0 aromatic carbocycles. The third kappa shape index (κ3) is 2.38. The van der Waals surface area contributed by atoms with Gasteiger partial charge in [0.1, 0.15) is 0 Å². The van der Waals surface area contributed by atoms with Crippen LogP contribution in [0, 0.1) is 12.3 Å². The Kier molecular flexibility index (Phi) is 3.50. The number of piperidine rings is 1. The fourth-order valence-electron chi connectivity index (χ4n) is 2.33. The standard InChI is InChI=1S/C13H20N2O/c1-3-11(4-2)15-9-5-6-12(13(15)16)14-10-7-8-10/h1,10-12,14H,4-9H2,2H3. The largest absolute Gasteiger partial charge is 0.328 e. The summed E-state index contributed by atoms with van der Waals surface area (Å²) in [6, 6.07) is 0.583. The second kappa shape index (κ2) is 4.88. The van der Waals surface area contributed by atoms with Crippen molar-refractivity contribution in [3.8, 4) is 12.3 Å². The summed E-state index contributed by atoms with van der Waals surface area (Å²) in [5.74, 6) is 2.93. The summed E-state index contributed by atoms with van der Waals surface area (Å²) >= 11 is 0. The minimum absolute atomic E-state index is 0.0173. The minimum Gasteiger partial charge on any atom is -0.328 e. The molecule has 2 unspecified atom stereocenters. The molecule has 16 heavy (non-hydrogen) atoms. The number of likely N-dealkylation sites (tertiary alicyclic amines) is 1. The van der Waals surface area contributed by atoms with Crippen LogP contribution in [0.1, 0.15) is 39.0 Å². The van der Waals surface area contributed by atoms with Gasteiger partial charge in [0.15, 0.2) is 0 Å². The second-order valence-electron chi connectivity index (χ2n) is 4.76. The zero-order valence-corrected chi connectivity index (χ0v) is 9.91. The van der Waals surface area contributed by atoms with E-state index >= 15 is 0 Å². The van der Waals surface area contributed by atoms with Crippen molar-refractivity contribution in [1.82, 2.24) is 10.2 Å². The van der Waals surface area contributed by atoms with E-state index in [0.717, 1.165) is 25.8 Å². The number of hydrogen-bond acceptors (Lipinski definition) is 2. The van der Waals surface area contributed by atoms with Crippen LogP contribution in [0.3, 0.4) is 0 Å². The molecule has 1 aliphatic carbocycles. The maximum absolute atomic E-state index is 12.2. The summed E-state index contributed by atoms with van der Waals surface area (Å²) in [4.78, 5) is 14.1. The van der Waals surface area contributed by atoms with Crippen molar-refractivity contribution in [3.05, 3.63) is 0 Å². The van der Waals surface area contributed by atoms with Crippen LogP contribution in [-0.2, 0) is 4.79 Å². The molecule has 0 spiro atoms. The second-order valence-corrected chi connectivity index (χ2v) is 4.76. The van der Waals surface area contributed by atoms with E-state index in [9.17, 15) is 4.79 Å². The maximum atomic E-state index is 12.2. The molecule has 0 bridgehead atoms. The van der Waals surface area contributed by atoms with Gasteiger partial charge in [0.2, 0.25) is 5.91 Å². The van der Waals surface area contributed by atoms with Crippen LogP contribution in [0.2, 0.25) is 0 Å². The van der Waals surface area contributed by atoms with Crippen LogP contribution in [0.5, 0.6) is 0 Å². The Bertz CT molecular complexity index is 304. The van der Waals surface area contributed by atoms with Crippen molar-refractivity contribution in [3.63, 3.8) is 0 Å². The number of carbonyl (C=O) groups is 1. The van der Waals surface area contributed by atoms with E-state index in [1.165, 1.54) is 12.8 Å². The Morgan fingerprint density at radius 2 is 2.31 bits per heavy atom. The molecule has 2 fully saturated rings. The van der Waals surface area contributed by atoms with E-state index in [1.54, 1.807) is 0 Å². The van der Waals surface area contributed by atoms with Crippen LogP contribution in [-0.4, -0.2) is 35.5 Å². The number of hydrogen-bond donors (Lipinski definition) is 1. The first-order chi connectivity index (χ1) is 7.76. The Morgan fingerprint density at radius 1 is 1.56 bits per heavy atom. The Morgan fingerprint density at radius 3 is 2.88 bits per heavy atom. The van der Waals surface area contributed by atoms with Gasteiger partial charge in [-0.2, -0.15) is 0 Å². The number of rotatable bonds is 4. The molecule has 1 amide bonds. The van der Waals surface area contributed by atoms with Gasteiger partial charge in [0.25, 0.3) is 0 Å². The highest BCUT2D eigenvalue weighted by Crippen LogP contribution is 2.23. The summed E-state index contributed by atoms with van der Waals surface area (Å²) in [7, 11) is 0. The quantitative estimate of drug-likeness (QED) is 0.721. The molecule has 3 heteroatoms. The van der Waals surface area contributed by atoms with Gasteiger partial charge in [-0.25, -0.2) is 0 Å². The van der Waals surface area contributed by atoms with E-state index in [2.05, 4.69) is 11.2 Å². The van der Waals surface area contributed by atoms with Gasteiger partial charge in [-0.3, -0.25) is 4.79 Å². The molecule has 1 saturated carbocycles. The lowest BCUT2D eigenvalue weighted by Crippen LogP contribution is -2.54. The van der Waals surface area contributed by atoms with Gasteiger partial charge in [0.05, 0.1) is 12.1 Å². The third-order valence-electron chi connectivity index (χ3n) is 3.44. The van der Waals surface area contributed by atoms with E-state index in [4.69, 9.17) is 6.42 Å². The molecule has 2 aliphatic rings. The van der Waals surface area contributed by atoms with Gasteiger partial charge in [0, 0.05) is 12.6 Å². The first kappa shape index (κ1) is 11.5. The molecule has 0 aromatic rings. The molecular formula is C13H20N2O. The summed E-state index contributed by atoms with van der Waals surface area (Å²) < 4.78 is 0. The maximum Gasteiger partial charge on any atom is 0.240 e. The van der Waals surface area contributed by atoms with Crippen LogP contribution in [0.25, 0.3) is 0 Å². The van der Waals surface area contributed by atoms with Crippen LogP contribution in [0.4, 0.5) is 0 Å².